The molecule has 0 aliphatic rings. The largest absolute Gasteiger partial charge is 0.490 e. The van der Waals surface area contributed by atoms with Crippen molar-refractivity contribution in [2.24, 2.45) is 10.7 Å². The minimum Gasteiger partial charge on any atom is -0.490 e. The van der Waals surface area contributed by atoms with Gasteiger partial charge in [-0.3, -0.25) is 0 Å². The number of rotatable bonds is 12. The Morgan fingerprint density at radius 3 is 2.71 bits per heavy atom. The summed E-state index contributed by atoms with van der Waals surface area (Å²) in [5, 5.41) is 3.08. The minimum absolute atomic E-state index is 0.367. The van der Waals surface area contributed by atoms with E-state index in [1.165, 1.54) is 0 Å². The lowest BCUT2D eigenvalue weighted by atomic mass is 10.2. The Hall–Kier alpha value is -2.80. The van der Waals surface area contributed by atoms with Crippen molar-refractivity contribution in [1.82, 2.24) is 10.3 Å². The first kappa shape index (κ1) is 21.5. The average molecular weight is 386 g/mol. The van der Waals surface area contributed by atoms with Crippen LogP contribution in [0.1, 0.15) is 32.3 Å². The lowest BCUT2D eigenvalue weighted by molar-refractivity contribution is 0.145. The molecule has 0 amide bonds. The van der Waals surface area contributed by atoms with Crippen LogP contribution in [0.5, 0.6) is 17.4 Å². The van der Waals surface area contributed by atoms with Crippen molar-refractivity contribution in [3.63, 3.8) is 0 Å². The molecule has 2 aromatic rings. The Bertz CT molecular complexity index is 737. The fourth-order valence-electron chi connectivity index (χ4n) is 2.37. The highest BCUT2D eigenvalue weighted by Gasteiger charge is 2.10. The molecule has 0 saturated heterocycles. The van der Waals surface area contributed by atoms with Crippen LogP contribution >= 0.6 is 0 Å². The van der Waals surface area contributed by atoms with Gasteiger partial charge >= 0.3 is 0 Å². The number of nitrogens with two attached hydrogens (primary N) is 1. The van der Waals surface area contributed by atoms with Gasteiger partial charge in [-0.2, -0.15) is 0 Å². The number of hydrogen-bond donors (Lipinski definition) is 2. The van der Waals surface area contributed by atoms with Gasteiger partial charge in [0.25, 0.3) is 0 Å². The highest BCUT2D eigenvalue weighted by molar-refractivity contribution is 5.77. The quantitative estimate of drug-likeness (QED) is 0.330. The summed E-state index contributed by atoms with van der Waals surface area (Å²) in [6.07, 6.45) is 3.49. The van der Waals surface area contributed by atoms with Crippen LogP contribution in [0.15, 0.2) is 47.6 Å². The Balaban J connectivity index is 1.98. The molecule has 0 aliphatic heterocycles. The minimum atomic E-state index is 0.367. The van der Waals surface area contributed by atoms with E-state index in [1.54, 1.807) is 6.20 Å². The summed E-state index contributed by atoms with van der Waals surface area (Å²) in [6.45, 7) is 7.18. The predicted octanol–water partition coefficient (Wildman–Crippen LogP) is 3.49. The van der Waals surface area contributed by atoms with E-state index < -0.39 is 0 Å². The number of benzene rings is 1. The molecule has 0 atom stereocenters. The summed E-state index contributed by atoms with van der Waals surface area (Å²) >= 11 is 0. The molecule has 0 spiro atoms. The fraction of sp³-hybridized carbons (Fsp3) is 0.429. The van der Waals surface area contributed by atoms with Crippen molar-refractivity contribution < 1.29 is 14.2 Å². The van der Waals surface area contributed by atoms with Gasteiger partial charge in [-0.15, -0.1) is 0 Å². The molecule has 0 unspecified atom stereocenters. The molecule has 1 aromatic heterocycles. The van der Waals surface area contributed by atoms with Gasteiger partial charge in [-0.1, -0.05) is 25.1 Å². The van der Waals surface area contributed by atoms with Crippen molar-refractivity contribution in [2.75, 3.05) is 26.4 Å². The second-order valence-corrected chi connectivity index (χ2v) is 6.04. The van der Waals surface area contributed by atoms with E-state index >= 15 is 0 Å². The van der Waals surface area contributed by atoms with Gasteiger partial charge in [0.15, 0.2) is 17.5 Å². The Labute approximate surface area is 166 Å². The fourth-order valence-corrected chi connectivity index (χ4v) is 2.37. The van der Waals surface area contributed by atoms with Gasteiger partial charge in [-0.05, 0) is 38.0 Å². The molecule has 0 aliphatic carbocycles. The molecule has 0 bridgehead atoms. The monoisotopic (exact) mass is 386 g/mol. The van der Waals surface area contributed by atoms with Crippen LogP contribution in [-0.4, -0.2) is 37.3 Å². The number of para-hydroxylation sites is 2. The molecule has 28 heavy (non-hydrogen) atoms. The van der Waals surface area contributed by atoms with Gasteiger partial charge in [0, 0.05) is 31.5 Å². The lowest BCUT2D eigenvalue weighted by Gasteiger charge is -2.13. The number of nitrogens with zero attached hydrogens (tertiary/aromatic N) is 2. The molecule has 1 aromatic carbocycles. The molecule has 7 nitrogen and oxygen atoms in total. The number of aromatic nitrogens is 1. The van der Waals surface area contributed by atoms with E-state index in [1.807, 2.05) is 43.3 Å². The number of nitrogens with one attached hydrogen (secondary N) is 1. The average Bonchev–Trinajstić information content (AvgIpc) is 2.72. The van der Waals surface area contributed by atoms with Gasteiger partial charge in [0.1, 0.15) is 0 Å². The third kappa shape index (κ3) is 7.44. The van der Waals surface area contributed by atoms with E-state index in [4.69, 9.17) is 19.9 Å². The molecule has 0 fully saturated rings. The molecule has 3 N–H and O–H groups in total. The number of ether oxygens (including phenoxy) is 3. The summed E-state index contributed by atoms with van der Waals surface area (Å²) in [5.41, 5.74) is 6.77. The second kappa shape index (κ2) is 12.6. The highest BCUT2D eigenvalue weighted by atomic mass is 16.5. The van der Waals surface area contributed by atoms with Crippen LogP contribution in [0.25, 0.3) is 0 Å². The molecule has 7 heteroatoms. The van der Waals surface area contributed by atoms with E-state index in [2.05, 4.69) is 22.2 Å². The summed E-state index contributed by atoms with van der Waals surface area (Å²) in [6, 6.07) is 11.3. The molecule has 152 valence electrons. The first-order valence-corrected chi connectivity index (χ1v) is 9.69. The van der Waals surface area contributed by atoms with Crippen LogP contribution in [0.2, 0.25) is 0 Å². The van der Waals surface area contributed by atoms with Crippen LogP contribution in [0, 0.1) is 0 Å². The Morgan fingerprint density at radius 2 is 1.93 bits per heavy atom. The molecular formula is C21H30N4O3. The second-order valence-electron chi connectivity index (χ2n) is 6.04. The number of hydrogen-bond acceptors (Lipinski definition) is 5. The molecule has 1 heterocycles. The third-order valence-electron chi connectivity index (χ3n) is 3.76. The first-order chi connectivity index (χ1) is 13.7. The third-order valence-corrected chi connectivity index (χ3v) is 3.76. The smallest absolute Gasteiger partial charge is 0.224 e. The van der Waals surface area contributed by atoms with Crippen LogP contribution < -0.4 is 20.5 Å². The van der Waals surface area contributed by atoms with E-state index in [0.717, 1.165) is 25.0 Å². The predicted molar refractivity (Wildman–Crippen MR) is 111 cm³/mol. The van der Waals surface area contributed by atoms with Crippen molar-refractivity contribution in [1.29, 1.82) is 0 Å². The maximum absolute atomic E-state index is 6.01. The van der Waals surface area contributed by atoms with Crippen molar-refractivity contribution >= 4 is 5.96 Å². The number of guanidine groups is 1. The number of aliphatic imine (C=N–C) groups is 1. The summed E-state index contributed by atoms with van der Waals surface area (Å²) in [4.78, 5) is 8.72. The van der Waals surface area contributed by atoms with Gasteiger partial charge in [-0.25, -0.2) is 9.98 Å². The zero-order chi connectivity index (χ0) is 20.0. The molecule has 0 radical (unpaired) electrons. The van der Waals surface area contributed by atoms with Crippen molar-refractivity contribution in [3.8, 4) is 17.4 Å². The Kier molecular flexibility index (Phi) is 9.65. The molecule has 2 rings (SSSR count). The van der Waals surface area contributed by atoms with Gasteiger partial charge in [0.2, 0.25) is 5.88 Å². The van der Waals surface area contributed by atoms with E-state index in [0.29, 0.717) is 49.6 Å². The molecule has 0 saturated carbocycles. The molecular weight excluding hydrogens is 356 g/mol. The summed E-state index contributed by atoms with van der Waals surface area (Å²) in [5.74, 6) is 2.20. The zero-order valence-corrected chi connectivity index (χ0v) is 16.7. The summed E-state index contributed by atoms with van der Waals surface area (Å²) in [7, 11) is 0. The maximum atomic E-state index is 6.01. The normalized spacial score (nSPS) is 11.3. The SMILES string of the molecule is CCCOc1ccccc1Oc1ncccc1CN=C(N)NCCCOCC. The number of pyridine rings is 1. The zero-order valence-electron chi connectivity index (χ0n) is 16.7. The van der Waals surface area contributed by atoms with Crippen LogP contribution in [0.3, 0.4) is 0 Å². The first-order valence-electron chi connectivity index (χ1n) is 9.69. The maximum Gasteiger partial charge on any atom is 0.224 e. The highest BCUT2D eigenvalue weighted by Crippen LogP contribution is 2.32. The van der Waals surface area contributed by atoms with Crippen LogP contribution in [-0.2, 0) is 11.3 Å². The summed E-state index contributed by atoms with van der Waals surface area (Å²) < 4.78 is 17.1. The van der Waals surface area contributed by atoms with E-state index in [9.17, 15) is 0 Å². The standard InChI is InChI=1S/C21H30N4O3/c1-3-14-27-18-10-5-6-11-19(18)28-20-17(9-7-12-23-20)16-25-21(22)24-13-8-15-26-4-2/h5-7,9-12H,3-4,8,13-16H2,1-2H3,(H3,22,24,25). The lowest BCUT2D eigenvalue weighted by Crippen LogP contribution is -2.32. The topological polar surface area (TPSA) is 91.0 Å². The Morgan fingerprint density at radius 1 is 1.11 bits per heavy atom. The van der Waals surface area contributed by atoms with Crippen molar-refractivity contribution in [3.05, 3.63) is 48.2 Å². The van der Waals surface area contributed by atoms with Crippen molar-refractivity contribution in [2.45, 2.75) is 33.2 Å². The van der Waals surface area contributed by atoms with E-state index in [-0.39, 0.29) is 0 Å². The van der Waals surface area contributed by atoms with Gasteiger partial charge in [0.05, 0.1) is 13.2 Å². The van der Waals surface area contributed by atoms with Crippen LogP contribution in [0.4, 0.5) is 0 Å². The van der Waals surface area contributed by atoms with Gasteiger partial charge < -0.3 is 25.3 Å².